The number of anilines is 1. The Bertz CT molecular complexity index is 617. The SMILES string of the molecule is O=C(NCCC1=CCCCC1)NCC1CCN(c2cccc(Br)c2)C1. The predicted molar refractivity (Wildman–Crippen MR) is 107 cm³/mol. The van der Waals surface area contributed by atoms with E-state index in [0.29, 0.717) is 5.92 Å². The maximum absolute atomic E-state index is 12.0. The number of hydrogen-bond donors (Lipinski definition) is 2. The molecule has 1 aromatic carbocycles. The van der Waals surface area contributed by atoms with Crippen LogP contribution in [0.2, 0.25) is 0 Å². The summed E-state index contributed by atoms with van der Waals surface area (Å²) in [6.07, 6.45) is 9.49. The number of amides is 2. The Labute approximate surface area is 159 Å². The van der Waals surface area contributed by atoms with Gasteiger partial charge in [0.15, 0.2) is 0 Å². The zero-order chi connectivity index (χ0) is 17.5. The van der Waals surface area contributed by atoms with Crippen molar-refractivity contribution < 1.29 is 4.79 Å². The fourth-order valence-electron chi connectivity index (χ4n) is 3.67. The van der Waals surface area contributed by atoms with Crippen LogP contribution in [-0.2, 0) is 0 Å². The van der Waals surface area contributed by atoms with Crippen LogP contribution in [-0.4, -0.2) is 32.2 Å². The van der Waals surface area contributed by atoms with Gasteiger partial charge in [-0.25, -0.2) is 4.79 Å². The fraction of sp³-hybridized carbons (Fsp3) is 0.550. The number of nitrogens with zero attached hydrogens (tertiary/aromatic N) is 1. The van der Waals surface area contributed by atoms with E-state index in [9.17, 15) is 4.79 Å². The number of allylic oxidation sites excluding steroid dienone is 1. The van der Waals surface area contributed by atoms with Crippen molar-refractivity contribution in [2.24, 2.45) is 5.92 Å². The highest BCUT2D eigenvalue weighted by molar-refractivity contribution is 9.10. The van der Waals surface area contributed by atoms with Crippen molar-refractivity contribution in [3.63, 3.8) is 0 Å². The summed E-state index contributed by atoms with van der Waals surface area (Å²) in [5.41, 5.74) is 2.76. The third-order valence-corrected chi connectivity index (χ3v) is 5.62. The second kappa shape index (κ2) is 9.27. The number of halogens is 1. The lowest BCUT2D eigenvalue weighted by Crippen LogP contribution is -2.39. The molecule has 1 fully saturated rings. The quantitative estimate of drug-likeness (QED) is 0.685. The summed E-state index contributed by atoms with van der Waals surface area (Å²) in [4.78, 5) is 14.4. The van der Waals surface area contributed by atoms with E-state index in [1.54, 1.807) is 0 Å². The summed E-state index contributed by atoms with van der Waals surface area (Å²) in [6, 6.07) is 8.39. The van der Waals surface area contributed by atoms with Crippen LogP contribution >= 0.6 is 15.9 Å². The van der Waals surface area contributed by atoms with E-state index in [1.165, 1.54) is 36.9 Å². The van der Waals surface area contributed by atoms with Gasteiger partial charge in [-0.3, -0.25) is 0 Å². The molecule has 0 spiro atoms. The van der Waals surface area contributed by atoms with Gasteiger partial charge in [0.2, 0.25) is 0 Å². The second-order valence-electron chi connectivity index (χ2n) is 7.08. The number of benzene rings is 1. The van der Waals surface area contributed by atoms with E-state index in [4.69, 9.17) is 0 Å². The summed E-state index contributed by atoms with van der Waals surface area (Å²) in [6.45, 7) is 3.55. The second-order valence-corrected chi connectivity index (χ2v) is 7.99. The third kappa shape index (κ3) is 5.77. The number of nitrogens with one attached hydrogen (secondary N) is 2. The topological polar surface area (TPSA) is 44.4 Å². The number of rotatable bonds is 6. The summed E-state index contributed by atoms with van der Waals surface area (Å²) in [7, 11) is 0. The van der Waals surface area contributed by atoms with Crippen molar-refractivity contribution >= 4 is 27.6 Å². The Balaban J connectivity index is 1.33. The highest BCUT2D eigenvalue weighted by Crippen LogP contribution is 2.26. The Morgan fingerprint density at radius 1 is 1.28 bits per heavy atom. The van der Waals surface area contributed by atoms with Gasteiger partial charge in [-0.1, -0.05) is 33.6 Å². The Kier molecular flexibility index (Phi) is 6.79. The molecule has 25 heavy (non-hydrogen) atoms. The van der Waals surface area contributed by atoms with Crippen LogP contribution in [0.4, 0.5) is 10.5 Å². The van der Waals surface area contributed by atoms with Crippen LogP contribution in [0.5, 0.6) is 0 Å². The molecule has 2 N–H and O–H groups in total. The van der Waals surface area contributed by atoms with Gasteiger partial charge in [-0.15, -0.1) is 0 Å². The molecule has 2 aliphatic rings. The number of urea groups is 1. The first-order chi connectivity index (χ1) is 12.2. The molecule has 1 saturated heterocycles. The Hall–Kier alpha value is -1.49. The molecule has 1 aliphatic carbocycles. The summed E-state index contributed by atoms with van der Waals surface area (Å²) in [5.74, 6) is 0.519. The molecule has 0 bridgehead atoms. The first kappa shape index (κ1) is 18.3. The van der Waals surface area contributed by atoms with Crippen LogP contribution in [0, 0.1) is 5.92 Å². The molecule has 3 rings (SSSR count). The van der Waals surface area contributed by atoms with Crippen LogP contribution in [0.15, 0.2) is 40.4 Å². The minimum Gasteiger partial charge on any atom is -0.371 e. The lowest BCUT2D eigenvalue weighted by molar-refractivity contribution is 0.239. The first-order valence-corrected chi connectivity index (χ1v) is 10.2. The predicted octanol–water partition coefficient (Wildman–Crippen LogP) is 4.47. The lowest BCUT2D eigenvalue weighted by atomic mass is 9.97. The summed E-state index contributed by atoms with van der Waals surface area (Å²) in [5, 5.41) is 6.03. The van der Waals surface area contributed by atoms with E-state index in [1.807, 2.05) is 6.07 Å². The van der Waals surface area contributed by atoms with Crippen molar-refractivity contribution in [3.05, 3.63) is 40.4 Å². The molecule has 1 aromatic rings. The molecule has 1 heterocycles. The molecule has 0 saturated carbocycles. The Morgan fingerprint density at radius 2 is 2.20 bits per heavy atom. The van der Waals surface area contributed by atoms with Crippen LogP contribution in [0.1, 0.15) is 38.5 Å². The van der Waals surface area contributed by atoms with Gasteiger partial charge in [0.25, 0.3) is 0 Å². The van der Waals surface area contributed by atoms with Gasteiger partial charge in [0.1, 0.15) is 0 Å². The van der Waals surface area contributed by atoms with Gasteiger partial charge in [-0.2, -0.15) is 0 Å². The van der Waals surface area contributed by atoms with E-state index >= 15 is 0 Å². The average Bonchev–Trinajstić information content (AvgIpc) is 3.10. The van der Waals surface area contributed by atoms with Crippen LogP contribution in [0.3, 0.4) is 0 Å². The number of carbonyl (C=O) groups excluding carboxylic acids is 1. The maximum Gasteiger partial charge on any atom is 0.314 e. The minimum atomic E-state index is -0.0303. The highest BCUT2D eigenvalue weighted by atomic mass is 79.9. The molecule has 1 unspecified atom stereocenters. The zero-order valence-corrected chi connectivity index (χ0v) is 16.4. The first-order valence-electron chi connectivity index (χ1n) is 9.41. The summed E-state index contributed by atoms with van der Waals surface area (Å²) < 4.78 is 1.11. The van der Waals surface area contributed by atoms with Gasteiger partial charge in [0.05, 0.1) is 0 Å². The number of carbonyl (C=O) groups is 1. The minimum absolute atomic E-state index is 0.0303. The average molecular weight is 406 g/mol. The van der Waals surface area contributed by atoms with Gasteiger partial charge in [0, 0.05) is 36.3 Å². The molecule has 0 aromatic heterocycles. The molecular formula is C20H28BrN3O. The molecular weight excluding hydrogens is 378 g/mol. The molecule has 4 nitrogen and oxygen atoms in total. The Morgan fingerprint density at radius 3 is 3.00 bits per heavy atom. The number of hydrogen-bond acceptors (Lipinski definition) is 2. The van der Waals surface area contributed by atoms with Crippen LogP contribution in [0.25, 0.3) is 0 Å². The lowest BCUT2D eigenvalue weighted by Gasteiger charge is -2.19. The zero-order valence-electron chi connectivity index (χ0n) is 14.8. The molecule has 136 valence electrons. The molecule has 1 atom stereocenters. The largest absolute Gasteiger partial charge is 0.371 e. The molecule has 0 radical (unpaired) electrons. The van der Waals surface area contributed by atoms with Crippen molar-refractivity contribution in [3.8, 4) is 0 Å². The standard InChI is InChI=1S/C20H28BrN3O/c21-18-7-4-8-19(13-18)24-12-10-17(15-24)14-23-20(25)22-11-9-16-5-2-1-3-6-16/h4-5,7-8,13,17H,1-3,6,9-12,14-15H2,(H2,22,23,25). The van der Waals surface area contributed by atoms with Gasteiger partial charge >= 0.3 is 6.03 Å². The van der Waals surface area contributed by atoms with Crippen molar-refractivity contribution in [1.29, 1.82) is 0 Å². The normalized spacial score (nSPS) is 20.3. The maximum atomic E-state index is 12.0. The van der Waals surface area contributed by atoms with Crippen molar-refractivity contribution in [2.45, 2.75) is 38.5 Å². The monoisotopic (exact) mass is 405 g/mol. The van der Waals surface area contributed by atoms with E-state index in [2.05, 4.69) is 55.7 Å². The summed E-state index contributed by atoms with van der Waals surface area (Å²) >= 11 is 3.53. The fourth-order valence-corrected chi connectivity index (χ4v) is 4.06. The third-order valence-electron chi connectivity index (χ3n) is 5.13. The molecule has 1 aliphatic heterocycles. The highest BCUT2D eigenvalue weighted by Gasteiger charge is 2.23. The van der Waals surface area contributed by atoms with Gasteiger partial charge in [-0.05, 0) is 62.6 Å². The van der Waals surface area contributed by atoms with Crippen molar-refractivity contribution in [2.75, 3.05) is 31.1 Å². The van der Waals surface area contributed by atoms with Crippen molar-refractivity contribution in [1.82, 2.24) is 10.6 Å². The van der Waals surface area contributed by atoms with Gasteiger partial charge < -0.3 is 15.5 Å². The van der Waals surface area contributed by atoms with E-state index in [0.717, 1.165) is 43.5 Å². The molecule has 5 heteroatoms. The van der Waals surface area contributed by atoms with Crippen LogP contribution < -0.4 is 15.5 Å². The smallest absolute Gasteiger partial charge is 0.314 e. The van der Waals surface area contributed by atoms with E-state index in [-0.39, 0.29) is 6.03 Å². The van der Waals surface area contributed by atoms with E-state index < -0.39 is 0 Å². The molecule has 2 amide bonds.